The highest BCUT2D eigenvalue weighted by Gasteiger charge is 2.30. The van der Waals surface area contributed by atoms with Gasteiger partial charge in [-0.05, 0) is 39.4 Å². The molecule has 2 unspecified atom stereocenters. The van der Waals surface area contributed by atoms with Crippen molar-refractivity contribution in [1.82, 2.24) is 14.8 Å². The highest BCUT2D eigenvalue weighted by Crippen LogP contribution is 2.18. The molecular formula is C15H25N5O. The van der Waals surface area contributed by atoms with Crippen molar-refractivity contribution in [3.8, 4) is 0 Å². The van der Waals surface area contributed by atoms with Crippen LogP contribution in [0.15, 0.2) is 12.1 Å². The number of rotatable bonds is 3. The van der Waals surface area contributed by atoms with Crippen molar-refractivity contribution >= 4 is 11.7 Å². The standard InChI is InChI=1S/C15H25N5O/c1-5-13-6-12(7-14(17-13)18-16)15(21)20-8-10(2)19(4)11(3)9-20/h6-7,10-11H,5,8-9,16H2,1-4H3,(H,17,18). The third-order valence-electron chi connectivity index (χ3n) is 4.28. The van der Waals surface area contributed by atoms with E-state index >= 15 is 0 Å². The van der Waals surface area contributed by atoms with E-state index in [1.165, 1.54) is 0 Å². The topological polar surface area (TPSA) is 74.5 Å². The number of piperazine rings is 1. The Kier molecular flexibility index (Phi) is 4.80. The maximum absolute atomic E-state index is 12.7. The maximum atomic E-state index is 12.7. The van der Waals surface area contributed by atoms with Gasteiger partial charge in [0.1, 0.15) is 5.82 Å². The van der Waals surface area contributed by atoms with Crippen LogP contribution in [0.3, 0.4) is 0 Å². The second kappa shape index (κ2) is 6.41. The zero-order valence-electron chi connectivity index (χ0n) is 13.3. The molecule has 0 spiro atoms. The number of nitrogens with zero attached hydrogens (tertiary/aromatic N) is 3. The first-order valence-electron chi connectivity index (χ1n) is 7.45. The molecule has 1 amide bonds. The van der Waals surface area contributed by atoms with Crippen LogP contribution in [0.4, 0.5) is 5.82 Å². The summed E-state index contributed by atoms with van der Waals surface area (Å²) in [5, 5.41) is 0. The molecule has 0 saturated carbocycles. The molecule has 1 aliphatic heterocycles. The summed E-state index contributed by atoms with van der Waals surface area (Å²) in [5.41, 5.74) is 4.05. The van der Waals surface area contributed by atoms with E-state index in [0.717, 1.165) is 25.2 Å². The molecule has 1 aromatic heterocycles. The molecule has 1 saturated heterocycles. The second-order valence-electron chi connectivity index (χ2n) is 5.80. The lowest BCUT2D eigenvalue weighted by atomic mass is 10.1. The van der Waals surface area contributed by atoms with Gasteiger partial charge in [-0.2, -0.15) is 0 Å². The lowest BCUT2D eigenvalue weighted by molar-refractivity contribution is 0.0414. The van der Waals surface area contributed by atoms with Gasteiger partial charge in [0.25, 0.3) is 5.91 Å². The third-order valence-corrected chi connectivity index (χ3v) is 4.28. The number of anilines is 1. The molecule has 6 nitrogen and oxygen atoms in total. The molecule has 2 atom stereocenters. The first kappa shape index (κ1) is 15.7. The third kappa shape index (κ3) is 3.33. The zero-order chi connectivity index (χ0) is 15.6. The van der Waals surface area contributed by atoms with E-state index in [1.807, 2.05) is 17.9 Å². The van der Waals surface area contributed by atoms with Crippen molar-refractivity contribution in [2.24, 2.45) is 5.84 Å². The molecule has 0 aliphatic carbocycles. The van der Waals surface area contributed by atoms with Gasteiger partial charge in [-0.15, -0.1) is 0 Å². The summed E-state index contributed by atoms with van der Waals surface area (Å²) in [6.45, 7) is 7.79. The molecule has 6 heteroatoms. The number of hydrazine groups is 1. The minimum Gasteiger partial charge on any atom is -0.336 e. The van der Waals surface area contributed by atoms with Crippen LogP contribution in [-0.2, 0) is 6.42 Å². The summed E-state index contributed by atoms with van der Waals surface area (Å²) in [6.07, 6.45) is 0.769. The number of nitrogen functional groups attached to an aromatic ring is 1. The lowest BCUT2D eigenvalue weighted by Gasteiger charge is -2.42. The quantitative estimate of drug-likeness (QED) is 0.644. The number of nitrogens with one attached hydrogen (secondary N) is 1. The van der Waals surface area contributed by atoms with Crippen LogP contribution in [0.1, 0.15) is 36.8 Å². The Morgan fingerprint density at radius 2 is 2.00 bits per heavy atom. The number of aromatic nitrogens is 1. The number of carbonyl (C=O) groups is 1. The summed E-state index contributed by atoms with van der Waals surface area (Å²) < 4.78 is 0. The summed E-state index contributed by atoms with van der Waals surface area (Å²) >= 11 is 0. The van der Waals surface area contributed by atoms with Crippen LogP contribution in [0.5, 0.6) is 0 Å². The van der Waals surface area contributed by atoms with E-state index in [4.69, 9.17) is 5.84 Å². The molecule has 1 fully saturated rings. The van der Waals surface area contributed by atoms with E-state index in [9.17, 15) is 4.79 Å². The largest absolute Gasteiger partial charge is 0.336 e. The van der Waals surface area contributed by atoms with Crippen LogP contribution in [-0.4, -0.2) is 52.9 Å². The molecule has 21 heavy (non-hydrogen) atoms. The zero-order valence-corrected chi connectivity index (χ0v) is 13.3. The summed E-state index contributed by atoms with van der Waals surface area (Å²) in [4.78, 5) is 21.3. The van der Waals surface area contributed by atoms with Crippen LogP contribution >= 0.6 is 0 Å². The van der Waals surface area contributed by atoms with E-state index in [0.29, 0.717) is 23.5 Å². The lowest BCUT2D eigenvalue weighted by Crippen LogP contribution is -2.56. The highest BCUT2D eigenvalue weighted by atomic mass is 16.2. The Morgan fingerprint density at radius 1 is 1.38 bits per heavy atom. The van der Waals surface area contributed by atoms with Gasteiger partial charge in [-0.3, -0.25) is 9.69 Å². The molecule has 3 N–H and O–H groups in total. The van der Waals surface area contributed by atoms with Crippen molar-refractivity contribution in [2.45, 2.75) is 39.3 Å². The number of hydrogen-bond donors (Lipinski definition) is 2. The highest BCUT2D eigenvalue weighted by molar-refractivity contribution is 5.95. The predicted molar refractivity (Wildman–Crippen MR) is 84.0 cm³/mol. The fourth-order valence-electron chi connectivity index (χ4n) is 2.72. The molecule has 116 valence electrons. The van der Waals surface area contributed by atoms with Crippen molar-refractivity contribution in [3.63, 3.8) is 0 Å². The van der Waals surface area contributed by atoms with Crippen molar-refractivity contribution < 1.29 is 4.79 Å². The van der Waals surface area contributed by atoms with Gasteiger partial charge < -0.3 is 10.3 Å². The van der Waals surface area contributed by atoms with Gasteiger partial charge in [0.15, 0.2) is 0 Å². The van der Waals surface area contributed by atoms with Crippen LogP contribution in [0.25, 0.3) is 0 Å². The smallest absolute Gasteiger partial charge is 0.254 e. The van der Waals surface area contributed by atoms with Crippen molar-refractivity contribution in [2.75, 3.05) is 25.6 Å². The molecule has 0 radical (unpaired) electrons. The molecular weight excluding hydrogens is 266 g/mol. The average molecular weight is 291 g/mol. The molecule has 2 heterocycles. The minimum absolute atomic E-state index is 0.0513. The number of nitrogens with two attached hydrogens (primary N) is 1. The predicted octanol–water partition coefficient (Wildman–Crippen LogP) is 1.09. The van der Waals surface area contributed by atoms with E-state index < -0.39 is 0 Å². The number of hydrogen-bond acceptors (Lipinski definition) is 5. The van der Waals surface area contributed by atoms with Gasteiger partial charge in [0.05, 0.1) is 0 Å². The molecule has 1 aliphatic rings. The van der Waals surface area contributed by atoms with Crippen LogP contribution in [0, 0.1) is 0 Å². The number of carbonyl (C=O) groups excluding carboxylic acids is 1. The monoisotopic (exact) mass is 291 g/mol. The first-order chi connectivity index (χ1) is 9.96. The van der Waals surface area contributed by atoms with Gasteiger partial charge in [0, 0.05) is 36.4 Å². The Bertz CT molecular complexity index is 485. The van der Waals surface area contributed by atoms with E-state index in [1.54, 1.807) is 6.07 Å². The fraction of sp³-hybridized carbons (Fsp3) is 0.600. The van der Waals surface area contributed by atoms with Gasteiger partial charge in [-0.1, -0.05) is 6.92 Å². The second-order valence-corrected chi connectivity index (χ2v) is 5.80. The van der Waals surface area contributed by atoms with Crippen molar-refractivity contribution in [1.29, 1.82) is 0 Å². The first-order valence-corrected chi connectivity index (χ1v) is 7.45. The van der Waals surface area contributed by atoms with Gasteiger partial charge >= 0.3 is 0 Å². The summed E-state index contributed by atoms with van der Waals surface area (Å²) in [6, 6.07) is 4.29. The van der Waals surface area contributed by atoms with Crippen LogP contribution in [0.2, 0.25) is 0 Å². The summed E-state index contributed by atoms with van der Waals surface area (Å²) in [5.74, 6) is 6.03. The number of likely N-dealkylation sites (N-methyl/N-ethyl adjacent to an activating group) is 1. The Labute approximate surface area is 126 Å². The SMILES string of the molecule is CCc1cc(C(=O)N2CC(C)N(C)C(C)C2)cc(NN)n1. The Morgan fingerprint density at radius 3 is 2.52 bits per heavy atom. The van der Waals surface area contributed by atoms with Gasteiger partial charge in [-0.25, -0.2) is 10.8 Å². The van der Waals surface area contributed by atoms with E-state index in [-0.39, 0.29) is 5.91 Å². The maximum Gasteiger partial charge on any atom is 0.254 e. The van der Waals surface area contributed by atoms with E-state index in [2.05, 4.69) is 36.2 Å². The number of amides is 1. The Hall–Kier alpha value is -1.66. The molecule has 2 rings (SSSR count). The number of pyridine rings is 1. The minimum atomic E-state index is 0.0513. The van der Waals surface area contributed by atoms with Crippen LogP contribution < -0.4 is 11.3 Å². The van der Waals surface area contributed by atoms with Gasteiger partial charge in [0.2, 0.25) is 0 Å². The van der Waals surface area contributed by atoms with Crippen molar-refractivity contribution in [3.05, 3.63) is 23.4 Å². The molecule has 0 aromatic carbocycles. The molecule has 1 aromatic rings. The molecule has 0 bridgehead atoms. The number of aryl methyl sites for hydroxylation is 1. The fourth-order valence-corrected chi connectivity index (χ4v) is 2.72. The summed E-state index contributed by atoms with van der Waals surface area (Å²) in [7, 11) is 2.11. The average Bonchev–Trinajstić information content (AvgIpc) is 2.50. The normalized spacial score (nSPS) is 23.2. The Balaban J connectivity index is 2.23.